The minimum Gasteiger partial charge on any atom is -0.479 e. The molecule has 1 rings (SSSR count). The monoisotopic (exact) mass is 272 g/mol. The number of hydrogen-bond acceptors (Lipinski definition) is 3. The van der Waals surface area contributed by atoms with E-state index in [1.165, 1.54) is 7.11 Å². The van der Waals surface area contributed by atoms with E-state index in [0.29, 0.717) is 5.92 Å². The zero-order chi connectivity index (χ0) is 14.6. The summed E-state index contributed by atoms with van der Waals surface area (Å²) in [5.74, 6) is -0.590. The maximum atomic E-state index is 11.9. The van der Waals surface area contributed by atoms with Gasteiger partial charge in [-0.05, 0) is 17.8 Å². The topological polar surface area (TPSA) is 78.9 Å². The third-order valence-corrected chi connectivity index (χ3v) is 3.70. The number of carboxylic acids is 1. The number of urea groups is 1. The molecule has 110 valence electrons. The van der Waals surface area contributed by atoms with Crippen molar-refractivity contribution in [3.8, 4) is 0 Å². The number of ether oxygens (including phenoxy) is 1. The quantitative estimate of drug-likeness (QED) is 0.805. The Morgan fingerprint density at radius 2 is 2.11 bits per heavy atom. The zero-order valence-corrected chi connectivity index (χ0v) is 12.1. The number of hydrogen-bond donors (Lipinski definition) is 2. The van der Waals surface area contributed by atoms with Crippen molar-refractivity contribution in [3.63, 3.8) is 0 Å². The lowest BCUT2D eigenvalue weighted by molar-refractivity contribution is -0.148. The predicted octanol–water partition coefficient (Wildman–Crippen LogP) is 1.16. The van der Waals surface area contributed by atoms with Crippen molar-refractivity contribution in [1.29, 1.82) is 0 Å². The molecular formula is C13H24N2O4. The van der Waals surface area contributed by atoms with Crippen LogP contribution in [0.15, 0.2) is 0 Å². The van der Waals surface area contributed by atoms with Crippen LogP contribution < -0.4 is 5.32 Å². The second-order valence-electron chi connectivity index (χ2n) is 6.05. The predicted molar refractivity (Wildman–Crippen MR) is 71.0 cm³/mol. The normalized spacial score (nSPS) is 21.3. The maximum Gasteiger partial charge on any atom is 0.334 e. The van der Waals surface area contributed by atoms with Gasteiger partial charge in [0.05, 0.1) is 6.54 Å². The van der Waals surface area contributed by atoms with Gasteiger partial charge < -0.3 is 20.1 Å². The lowest BCUT2D eigenvalue weighted by Crippen LogP contribution is -2.44. The number of nitrogens with zero attached hydrogens (tertiary/aromatic N) is 1. The summed E-state index contributed by atoms with van der Waals surface area (Å²) in [7, 11) is 1.32. The first-order valence-electron chi connectivity index (χ1n) is 6.54. The van der Waals surface area contributed by atoms with E-state index in [9.17, 15) is 9.59 Å². The van der Waals surface area contributed by atoms with E-state index < -0.39 is 12.1 Å². The molecule has 0 aliphatic carbocycles. The Kier molecular flexibility index (Phi) is 5.17. The Labute approximate surface area is 114 Å². The number of carboxylic acid groups (broad SMARTS) is 1. The van der Waals surface area contributed by atoms with E-state index in [0.717, 1.165) is 19.5 Å². The van der Waals surface area contributed by atoms with Crippen molar-refractivity contribution in [2.45, 2.75) is 33.3 Å². The number of aliphatic carboxylic acids is 1. The number of carbonyl (C=O) groups is 2. The van der Waals surface area contributed by atoms with E-state index in [1.807, 2.05) is 0 Å². The van der Waals surface area contributed by atoms with Crippen LogP contribution in [0.1, 0.15) is 27.2 Å². The summed E-state index contributed by atoms with van der Waals surface area (Å²) in [4.78, 5) is 24.4. The second kappa shape index (κ2) is 6.23. The summed E-state index contributed by atoms with van der Waals surface area (Å²) in [6.45, 7) is 7.94. The van der Waals surface area contributed by atoms with Gasteiger partial charge in [0, 0.05) is 20.2 Å². The summed E-state index contributed by atoms with van der Waals surface area (Å²) >= 11 is 0. The number of amides is 2. The smallest absolute Gasteiger partial charge is 0.334 e. The van der Waals surface area contributed by atoms with Gasteiger partial charge in [-0.2, -0.15) is 0 Å². The van der Waals surface area contributed by atoms with Crippen molar-refractivity contribution in [2.24, 2.45) is 11.3 Å². The van der Waals surface area contributed by atoms with Crippen LogP contribution in [0, 0.1) is 11.3 Å². The lowest BCUT2D eigenvalue weighted by atomic mass is 9.80. The van der Waals surface area contributed by atoms with Gasteiger partial charge in [-0.1, -0.05) is 20.8 Å². The largest absolute Gasteiger partial charge is 0.479 e. The maximum absolute atomic E-state index is 11.9. The minimum absolute atomic E-state index is 0.0125. The van der Waals surface area contributed by atoms with Crippen LogP contribution >= 0.6 is 0 Å². The lowest BCUT2D eigenvalue weighted by Gasteiger charge is -2.27. The number of likely N-dealkylation sites (tertiary alicyclic amines) is 1. The van der Waals surface area contributed by atoms with Crippen LogP contribution in [0.3, 0.4) is 0 Å². The van der Waals surface area contributed by atoms with Crippen molar-refractivity contribution in [2.75, 3.05) is 26.7 Å². The molecule has 19 heavy (non-hydrogen) atoms. The minimum atomic E-state index is -1.07. The summed E-state index contributed by atoms with van der Waals surface area (Å²) in [5.41, 5.74) is 0.186. The van der Waals surface area contributed by atoms with Gasteiger partial charge in [0.2, 0.25) is 0 Å². The first kappa shape index (κ1) is 15.8. The van der Waals surface area contributed by atoms with Gasteiger partial charge >= 0.3 is 12.0 Å². The molecule has 0 aromatic carbocycles. The van der Waals surface area contributed by atoms with Crippen LogP contribution in [-0.2, 0) is 9.53 Å². The molecule has 2 amide bonds. The van der Waals surface area contributed by atoms with Crippen molar-refractivity contribution >= 4 is 12.0 Å². The molecular weight excluding hydrogens is 248 g/mol. The van der Waals surface area contributed by atoms with Crippen molar-refractivity contribution < 1.29 is 19.4 Å². The summed E-state index contributed by atoms with van der Waals surface area (Å²) in [5, 5.41) is 11.4. The van der Waals surface area contributed by atoms with Gasteiger partial charge in [-0.3, -0.25) is 0 Å². The van der Waals surface area contributed by atoms with E-state index in [2.05, 4.69) is 26.1 Å². The molecule has 1 saturated heterocycles. The van der Waals surface area contributed by atoms with Crippen molar-refractivity contribution in [3.05, 3.63) is 0 Å². The number of carbonyl (C=O) groups excluding carboxylic acids is 1. The summed E-state index contributed by atoms with van der Waals surface area (Å²) in [6.07, 6.45) is -0.00576. The molecule has 1 aliphatic rings. The van der Waals surface area contributed by atoms with Crippen molar-refractivity contribution in [1.82, 2.24) is 10.2 Å². The Hall–Kier alpha value is -1.30. The Morgan fingerprint density at radius 3 is 2.53 bits per heavy atom. The molecule has 0 aromatic rings. The molecule has 1 fully saturated rings. The van der Waals surface area contributed by atoms with Crippen LogP contribution in [-0.4, -0.2) is 54.9 Å². The van der Waals surface area contributed by atoms with Crippen LogP contribution in [0.2, 0.25) is 0 Å². The van der Waals surface area contributed by atoms with E-state index in [-0.39, 0.29) is 18.0 Å². The standard InChI is InChI=1S/C13H24N2O4/c1-13(2,3)9-5-6-15(8-9)12(18)14-7-10(19-4)11(16)17/h9-10H,5-8H2,1-4H3,(H,14,18)(H,16,17). The zero-order valence-electron chi connectivity index (χ0n) is 12.1. The Morgan fingerprint density at radius 1 is 1.47 bits per heavy atom. The fraction of sp³-hybridized carbons (Fsp3) is 0.846. The average molecular weight is 272 g/mol. The van der Waals surface area contributed by atoms with Crippen LogP contribution in [0.4, 0.5) is 4.79 Å². The molecule has 2 atom stereocenters. The third-order valence-electron chi connectivity index (χ3n) is 3.70. The molecule has 0 saturated carbocycles. The highest BCUT2D eigenvalue weighted by molar-refractivity contribution is 5.77. The van der Waals surface area contributed by atoms with E-state index in [4.69, 9.17) is 9.84 Å². The molecule has 6 nitrogen and oxygen atoms in total. The first-order chi connectivity index (χ1) is 8.75. The second-order valence-corrected chi connectivity index (χ2v) is 6.05. The molecule has 1 aliphatic heterocycles. The van der Waals surface area contributed by atoms with E-state index in [1.54, 1.807) is 4.90 Å². The van der Waals surface area contributed by atoms with Crippen LogP contribution in [0.25, 0.3) is 0 Å². The van der Waals surface area contributed by atoms with Gasteiger partial charge in [-0.15, -0.1) is 0 Å². The average Bonchev–Trinajstić information content (AvgIpc) is 2.77. The number of rotatable bonds is 4. The SMILES string of the molecule is COC(CNC(=O)N1CCC(C(C)(C)C)C1)C(=O)O. The Bertz CT molecular complexity index is 338. The third kappa shape index (κ3) is 4.38. The molecule has 6 heteroatoms. The first-order valence-corrected chi connectivity index (χ1v) is 6.54. The summed E-state index contributed by atoms with van der Waals surface area (Å²) in [6, 6.07) is -0.213. The highest BCUT2D eigenvalue weighted by atomic mass is 16.5. The number of methoxy groups -OCH3 is 1. The molecule has 1 heterocycles. The summed E-state index contributed by atoms with van der Waals surface area (Å²) < 4.78 is 4.77. The Balaban J connectivity index is 2.42. The fourth-order valence-electron chi connectivity index (χ4n) is 2.21. The molecule has 2 N–H and O–H groups in total. The fourth-order valence-corrected chi connectivity index (χ4v) is 2.21. The molecule has 2 unspecified atom stereocenters. The molecule has 0 aromatic heterocycles. The highest BCUT2D eigenvalue weighted by Crippen LogP contribution is 2.33. The van der Waals surface area contributed by atoms with Gasteiger partial charge in [0.25, 0.3) is 0 Å². The molecule has 0 spiro atoms. The van der Waals surface area contributed by atoms with Gasteiger partial charge in [0.15, 0.2) is 6.10 Å². The van der Waals surface area contributed by atoms with Gasteiger partial charge in [0.1, 0.15) is 0 Å². The van der Waals surface area contributed by atoms with E-state index >= 15 is 0 Å². The number of nitrogens with one attached hydrogen (secondary N) is 1. The van der Waals surface area contributed by atoms with Gasteiger partial charge in [-0.25, -0.2) is 9.59 Å². The molecule has 0 radical (unpaired) electrons. The molecule has 0 bridgehead atoms. The van der Waals surface area contributed by atoms with Crippen LogP contribution in [0.5, 0.6) is 0 Å². The highest BCUT2D eigenvalue weighted by Gasteiger charge is 2.34.